The van der Waals surface area contributed by atoms with Crippen molar-refractivity contribution in [3.8, 4) is 5.75 Å². The average molecular weight is 260 g/mol. The monoisotopic (exact) mass is 260 g/mol. The Bertz CT molecular complexity index is 390. The van der Waals surface area contributed by atoms with Gasteiger partial charge in [0.1, 0.15) is 0 Å². The van der Waals surface area contributed by atoms with Crippen LogP contribution in [-0.4, -0.2) is 14.9 Å². The zero-order valence-corrected chi connectivity index (χ0v) is 8.63. The number of halogens is 3. The third-order valence-electron chi connectivity index (χ3n) is 1.11. The van der Waals surface area contributed by atoms with Crippen LogP contribution in [0.5, 0.6) is 5.75 Å². The highest BCUT2D eigenvalue weighted by molar-refractivity contribution is 8.44. The number of alkyl halides is 3. The molecule has 0 aliphatic rings. The lowest BCUT2D eigenvalue weighted by Gasteiger charge is -2.07. The van der Waals surface area contributed by atoms with Gasteiger partial charge in [-0.3, -0.25) is 0 Å². The van der Waals surface area contributed by atoms with Crippen molar-refractivity contribution in [3.63, 3.8) is 0 Å². The van der Waals surface area contributed by atoms with Gasteiger partial charge in [0.25, 0.3) is 0 Å². The predicted molar refractivity (Wildman–Crippen MR) is 46.5 cm³/mol. The highest BCUT2D eigenvalue weighted by atomic mass is 32.7. The first-order valence-corrected chi connectivity index (χ1v) is 6.06. The van der Waals surface area contributed by atoms with E-state index < -0.39 is 18.8 Å². The van der Waals surface area contributed by atoms with E-state index in [2.05, 4.69) is 26.7 Å². The lowest BCUT2D eigenvalue weighted by Crippen LogP contribution is -2.10. The van der Waals surface area contributed by atoms with Crippen LogP contribution < -0.4 is 4.52 Å². The summed E-state index contributed by atoms with van der Waals surface area (Å²) < 4.78 is 50.8. The quantitative estimate of drug-likeness (QED) is 0.627. The third kappa shape index (κ3) is 4.06. The Morgan fingerprint density at radius 2 is 1.87 bits per heavy atom. The highest BCUT2D eigenvalue weighted by Crippen LogP contribution is 2.46. The molecular weight excluding hydrogens is 256 g/mol. The summed E-state index contributed by atoms with van der Waals surface area (Å²) in [5.41, 5.74) is 0. The van der Waals surface area contributed by atoms with Crippen LogP contribution in [0.2, 0.25) is 0 Å². The number of hydrogen-bond donors (Lipinski definition) is 2. The highest BCUT2D eigenvalue weighted by Gasteiger charge is 2.34. The summed E-state index contributed by atoms with van der Waals surface area (Å²) in [6, 6.07) is 0. The molecule has 0 radical (unpaired) electrons. The predicted octanol–water partition coefficient (Wildman–Crippen LogP) is 1.90. The van der Waals surface area contributed by atoms with Crippen molar-refractivity contribution in [1.82, 2.24) is 9.97 Å². The van der Waals surface area contributed by atoms with E-state index in [1.807, 2.05) is 0 Å². The van der Waals surface area contributed by atoms with Crippen LogP contribution in [0, 0.1) is 0 Å². The second-order valence-corrected chi connectivity index (χ2v) is 5.00. The van der Waals surface area contributed by atoms with E-state index in [0.717, 1.165) is 0 Å². The standard InChI is InChI=1S/C5H4F3N2O3PS/c6-5(7,8)4-9-1-3(2-10-4)13-14(11,12)15/h1-2H,(H2,11,12,15). The van der Waals surface area contributed by atoms with Gasteiger partial charge in [-0.15, -0.1) is 0 Å². The van der Waals surface area contributed by atoms with Gasteiger partial charge in [-0.2, -0.15) is 13.2 Å². The molecule has 0 saturated heterocycles. The lowest BCUT2D eigenvalue weighted by molar-refractivity contribution is -0.145. The van der Waals surface area contributed by atoms with Crippen molar-refractivity contribution in [2.45, 2.75) is 6.18 Å². The smallest absolute Gasteiger partial charge is 0.414 e. The van der Waals surface area contributed by atoms with Crippen LogP contribution in [0.25, 0.3) is 0 Å². The maximum absolute atomic E-state index is 12.0. The molecule has 0 aliphatic heterocycles. The Labute approximate surface area is 87.0 Å². The van der Waals surface area contributed by atoms with E-state index >= 15 is 0 Å². The molecule has 5 nitrogen and oxygen atoms in total. The second kappa shape index (κ2) is 3.99. The summed E-state index contributed by atoms with van der Waals surface area (Å²) in [6.45, 7) is -4.11. The van der Waals surface area contributed by atoms with Gasteiger partial charge in [0.2, 0.25) is 5.82 Å². The SMILES string of the molecule is O=P(O)(S)Oc1cnc(C(F)(F)F)nc1. The number of hydrogen-bond acceptors (Lipinski definition) is 4. The fourth-order valence-corrected chi connectivity index (χ4v) is 1.30. The van der Waals surface area contributed by atoms with Crippen LogP contribution >= 0.6 is 19.0 Å². The van der Waals surface area contributed by atoms with Gasteiger partial charge in [-0.25, -0.2) is 14.5 Å². The zero-order valence-electron chi connectivity index (χ0n) is 6.84. The van der Waals surface area contributed by atoms with Gasteiger partial charge < -0.3 is 9.42 Å². The molecule has 0 spiro atoms. The van der Waals surface area contributed by atoms with Crippen molar-refractivity contribution in [2.24, 2.45) is 0 Å². The Morgan fingerprint density at radius 3 is 2.20 bits per heavy atom. The lowest BCUT2D eigenvalue weighted by atomic mass is 10.5. The third-order valence-corrected chi connectivity index (χ3v) is 1.80. The molecule has 0 aliphatic carbocycles. The molecule has 10 heteroatoms. The summed E-state index contributed by atoms with van der Waals surface area (Å²) in [4.78, 5) is 14.4. The van der Waals surface area contributed by atoms with Crippen molar-refractivity contribution in [3.05, 3.63) is 18.2 Å². The molecule has 1 aromatic heterocycles. The molecule has 0 fully saturated rings. The topological polar surface area (TPSA) is 72.3 Å². The molecule has 1 N–H and O–H groups in total. The van der Waals surface area contributed by atoms with Crippen molar-refractivity contribution < 1.29 is 27.2 Å². The summed E-state index contributed by atoms with van der Waals surface area (Å²) in [5, 5.41) is 0. The summed E-state index contributed by atoms with van der Waals surface area (Å²) >= 11 is 3.16. The number of aromatic nitrogens is 2. The molecular formula is C5H4F3N2O3PS. The maximum Gasteiger partial charge on any atom is 0.451 e. The maximum atomic E-state index is 12.0. The average Bonchev–Trinajstić information content (AvgIpc) is 2.00. The molecule has 1 rings (SSSR count). The molecule has 84 valence electrons. The van der Waals surface area contributed by atoms with Gasteiger partial charge in [0.05, 0.1) is 12.4 Å². The molecule has 0 bridgehead atoms. The first-order valence-electron chi connectivity index (χ1n) is 3.33. The molecule has 1 unspecified atom stereocenters. The Balaban J connectivity index is 2.87. The van der Waals surface area contributed by atoms with Gasteiger partial charge in [0, 0.05) is 0 Å². The van der Waals surface area contributed by atoms with Gasteiger partial charge in [-0.05, 0) is 12.2 Å². The van der Waals surface area contributed by atoms with E-state index in [4.69, 9.17) is 4.89 Å². The first kappa shape index (κ1) is 12.3. The first-order chi connectivity index (χ1) is 6.68. The van der Waals surface area contributed by atoms with Crippen LogP contribution in [-0.2, 0) is 10.7 Å². The molecule has 0 saturated carbocycles. The van der Waals surface area contributed by atoms with Gasteiger partial charge in [0.15, 0.2) is 5.75 Å². The largest absolute Gasteiger partial charge is 0.451 e. The Morgan fingerprint density at radius 1 is 1.40 bits per heavy atom. The zero-order chi connectivity index (χ0) is 11.7. The van der Waals surface area contributed by atoms with Crippen LogP contribution in [0.1, 0.15) is 5.82 Å². The Hall–Kier alpha value is -0.790. The van der Waals surface area contributed by atoms with Crippen LogP contribution in [0.15, 0.2) is 12.4 Å². The summed E-state index contributed by atoms with van der Waals surface area (Å²) in [6.07, 6.45) is -3.40. The number of rotatable bonds is 2. The minimum absolute atomic E-state index is 0.371. The Kier molecular flexibility index (Phi) is 3.27. The summed E-state index contributed by atoms with van der Waals surface area (Å²) in [5.74, 6) is -1.73. The van der Waals surface area contributed by atoms with E-state index in [0.29, 0.717) is 12.4 Å². The van der Waals surface area contributed by atoms with Crippen LogP contribution in [0.4, 0.5) is 13.2 Å². The number of nitrogens with zero attached hydrogens (tertiary/aromatic N) is 2. The molecule has 15 heavy (non-hydrogen) atoms. The van der Waals surface area contributed by atoms with Crippen LogP contribution in [0.3, 0.4) is 0 Å². The van der Waals surface area contributed by atoms with E-state index in [1.165, 1.54) is 0 Å². The van der Waals surface area contributed by atoms with E-state index in [1.54, 1.807) is 0 Å². The summed E-state index contributed by atoms with van der Waals surface area (Å²) in [7, 11) is 0. The minimum atomic E-state index is -4.66. The molecule has 1 aromatic rings. The van der Waals surface area contributed by atoms with E-state index in [-0.39, 0.29) is 5.75 Å². The second-order valence-electron chi connectivity index (χ2n) is 2.32. The van der Waals surface area contributed by atoms with Gasteiger partial charge >= 0.3 is 13.0 Å². The molecule has 1 atom stereocenters. The molecule has 0 aromatic carbocycles. The van der Waals surface area contributed by atoms with Crippen molar-refractivity contribution >= 4 is 19.0 Å². The molecule has 0 amide bonds. The van der Waals surface area contributed by atoms with Crippen molar-refractivity contribution in [2.75, 3.05) is 0 Å². The van der Waals surface area contributed by atoms with Gasteiger partial charge in [-0.1, -0.05) is 0 Å². The normalized spacial score (nSPS) is 15.8. The minimum Gasteiger partial charge on any atom is -0.414 e. The van der Waals surface area contributed by atoms with E-state index in [9.17, 15) is 17.7 Å². The number of thiol groups is 1. The van der Waals surface area contributed by atoms with Crippen molar-refractivity contribution in [1.29, 1.82) is 0 Å². The fourth-order valence-electron chi connectivity index (χ4n) is 0.647. The molecule has 1 heterocycles. The fraction of sp³-hybridized carbons (Fsp3) is 0.200.